The molecular weight excluding hydrogens is 337 g/mol. The summed E-state index contributed by atoms with van der Waals surface area (Å²) in [6, 6.07) is 8.72. The van der Waals surface area contributed by atoms with E-state index in [0.717, 1.165) is 5.56 Å². The lowest BCUT2D eigenvalue weighted by Crippen LogP contribution is -2.32. The largest absolute Gasteiger partial charge is 0.503 e. The van der Waals surface area contributed by atoms with Crippen molar-refractivity contribution in [2.45, 2.75) is 32.7 Å². The molecule has 1 unspecified atom stereocenters. The molecule has 1 amide bonds. The molecule has 0 saturated heterocycles. The van der Waals surface area contributed by atoms with Crippen molar-refractivity contribution in [3.05, 3.63) is 70.6 Å². The number of Topliss-reactive ketones (excluding diaryl/α,β-unsaturated/α-hetero) is 1. The van der Waals surface area contributed by atoms with Crippen LogP contribution in [-0.4, -0.2) is 28.2 Å². The number of aryl methyl sites for hydroxylation is 1. The third-order valence-corrected chi connectivity index (χ3v) is 4.51. The molecule has 1 aliphatic heterocycles. The zero-order chi connectivity index (χ0) is 18.8. The summed E-state index contributed by atoms with van der Waals surface area (Å²) >= 11 is 0. The number of carbonyl (C=O) groups is 2. The van der Waals surface area contributed by atoms with Crippen LogP contribution >= 0.6 is 0 Å². The smallest absolute Gasteiger partial charge is 0.290 e. The van der Waals surface area contributed by atoms with Crippen molar-refractivity contribution >= 4 is 11.7 Å². The Labute approximate surface area is 150 Å². The number of hydrogen-bond acceptors (Lipinski definition) is 4. The molecule has 5 nitrogen and oxygen atoms in total. The number of furan rings is 1. The molecule has 0 saturated carbocycles. The summed E-state index contributed by atoms with van der Waals surface area (Å²) in [6.07, 6.45) is 0.637. The summed E-state index contributed by atoms with van der Waals surface area (Å²) in [5.74, 6) is -0.640. The summed E-state index contributed by atoms with van der Waals surface area (Å²) in [5, 5.41) is 10.3. The second-order valence-electron chi connectivity index (χ2n) is 6.26. The van der Waals surface area contributed by atoms with Crippen molar-refractivity contribution in [3.8, 4) is 0 Å². The average Bonchev–Trinajstić information content (AvgIpc) is 3.16. The Balaban J connectivity index is 1.91. The topological polar surface area (TPSA) is 70.8 Å². The Morgan fingerprint density at radius 2 is 1.92 bits per heavy atom. The quantitative estimate of drug-likeness (QED) is 0.857. The second kappa shape index (κ2) is 7.15. The van der Waals surface area contributed by atoms with Gasteiger partial charge in [-0.25, -0.2) is 4.39 Å². The van der Waals surface area contributed by atoms with Crippen LogP contribution in [0.1, 0.15) is 36.5 Å². The summed E-state index contributed by atoms with van der Waals surface area (Å²) in [5.41, 5.74) is 0.925. The molecule has 2 aromatic rings. The first kappa shape index (κ1) is 17.9. The Hall–Kier alpha value is -2.89. The number of ketones is 1. The van der Waals surface area contributed by atoms with E-state index in [-0.39, 0.29) is 30.1 Å². The fourth-order valence-electron chi connectivity index (χ4n) is 3.16. The van der Waals surface area contributed by atoms with Crippen LogP contribution in [0, 0.1) is 12.7 Å². The van der Waals surface area contributed by atoms with E-state index < -0.39 is 17.7 Å². The van der Waals surface area contributed by atoms with Crippen molar-refractivity contribution in [3.63, 3.8) is 0 Å². The lowest BCUT2D eigenvalue weighted by atomic mass is 9.99. The van der Waals surface area contributed by atoms with Crippen LogP contribution in [0.15, 0.2) is 52.1 Å². The predicted molar refractivity (Wildman–Crippen MR) is 93.0 cm³/mol. The van der Waals surface area contributed by atoms with E-state index in [9.17, 15) is 19.1 Å². The van der Waals surface area contributed by atoms with Gasteiger partial charge in [0.05, 0.1) is 5.57 Å². The monoisotopic (exact) mass is 357 g/mol. The molecule has 1 atom stereocenters. The molecule has 0 radical (unpaired) electrons. The average molecular weight is 357 g/mol. The lowest BCUT2D eigenvalue weighted by Gasteiger charge is -2.24. The highest BCUT2D eigenvalue weighted by Gasteiger charge is 2.44. The standard InChI is InChI=1S/C20H20FNO4/c1-3-15(23)17-18(16-9-4-12(2)26-16)22(20(25)19(17)24)11-10-13-5-7-14(21)8-6-13/h4-9,18,24H,3,10-11H2,1-2H3. The molecule has 1 aromatic heterocycles. The summed E-state index contributed by atoms with van der Waals surface area (Å²) in [4.78, 5) is 26.3. The van der Waals surface area contributed by atoms with E-state index >= 15 is 0 Å². The van der Waals surface area contributed by atoms with Gasteiger partial charge in [-0.05, 0) is 43.2 Å². The van der Waals surface area contributed by atoms with Crippen molar-refractivity contribution in [2.75, 3.05) is 6.54 Å². The SMILES string of the molecule is CCC(=O)C1=C(O)C(=O)N(CCc2ccc(F)cc2)C1c1ccc(C)o1. The molecule has 136 valence electrons. The lowest BCUT2D eigenvalue weighted by molar-refractivity contribution is -0.129. The van der Waals surface area contributed by atoms with E-state index in [4.69, 9.17) is 4.42 Å². The third kappa shape index (κ3) is 3.27. The van der Waals surface area contributed by atoms with E-state index in [1.165, 1.54) is 17.0 Å². The summed E-state index contributed by atoms with van der Waals surface area (Å²) in [7, 11) is 0. The van der Waals surface area contributed by atoms with Crippen molar-refractivity contribution in [2.24, 2.45) is 0 Å². The van der Waals surface area contributed by atoms with E-state index in [1.807, 2.05) is 0 Å². The van der Waals surface area contributed by atoms with Crippen molar-refractivity contribution in [1.82, 2.24) is 4.90 Å². The van der Waals surface area contributed by atoms with Crippen LogP contribution in [0.4, 0.5) is 4.39 Å². The highest BCUT2D eigenvalue weighted by molar-refractivity contribution is 6.08. The Morgan fingerprint density at radius 3 is 2.50 bits per heavy atom. The second-order valence-corrected chi connectivity index (χ2v) is 6.26. The Kier molecular flexibility index (Phi) is 4.93. The number of aliphatic hydroxyl groups excluding tert-OH is 1. The van der Waals surface area contributed by atoms with E-state index in [0.29, 0.717) is 17.9 Å². The fourth-order valence-corrected chi connectivity index (χ4v) is 3.16. The van der Waals surface area contributed by atoms with Gasteiger partial charge in [0.15, 0.2) is 11.5 Å². The van der Waals surface area contributed by atoms with E-state index in [2.05, 4.69) is 0 Å². The summed E-state index contributed by atoms with van der Waals surface area (Å²) < 4.78 is 18.7. The molecule has 26 heavy (non-hydrogen) atoms. The zero-order valence-corrected chi connectivity index (χ0v) is 14.7. The minimum Gasteiger partial charge on any atom is -0.503 e. The highest BCUT2D eigenvalue weighted by atomic mass is 19.1. The molecule has 0 spiro atoms. The normalized spacial score (nSPS) is 17.3. The third-order valence-electron chi connectivity index (χ3n) is 4.51. The maximum atomic E-state index is 13.1. The van der Waals surface area contributed by atoms with Crippen LogP contribution in [0.5, 0.6) is 0 Å². The van der Waals surface area contributed by atoms with Crippen LogP contribution in [0.3, 0.4) is 0 Å². The first-order chi connectivity index (χ1) is 12.4. The first-order valence-electron chi connectivity index (χ1n) is 8.50. The van der Waals surface area contributed by atoms with Gasteiger partial charge in [-0.1, -0.05) is 19.1 Å². The van der Waals surface area contributed by atoms with Gasteiger partial charge < -0.3 is 14.4 Å². The minimum atomic E-state index is -0.746. The van der Waals surface area contributed by atoms with E-state index in [1.54, 1.807) is 38.1 Å². The highest BCUT2D eigenvalue weighted by Crippen LogP contribution is 2.38. The maximum Gasteiger partial charge on any atom is 0.290 e. The van der Waals surface area contributed by atoms with Crippen LogP contribution in [0.2, 0.25) is 0 Å². The van der Waals surface area contributed by atoms with Crippen LogP contribution in [0.25, 0.3) is 0 Å². The number of amides is 1. The molecule has 0 bridgehead atoms. The number of halogens is 1. The molecule has 0 fully saturated rings. The number of nitrogens with zero attached hydrogens (tertiary/aromatic N) is 1. The number of hydrogen-bond donors (Lipinski definition) is 1. The number of benzene rings is 1. The molecule has 1 aliphatic rings. The van der Waals surface area contributed by atoms with Gasteiger partial charge in [0.2, 0.25) is 0 Å². The maximum absolute atomic E-state index is 13.1. The molecular formula is C20H20FNO4. The minimum absolute atomic E-state index is 0.0750. The molecule has 3 rings (SSSR count). The summed E-state index contributed by atoms with van der Waals surface area (Å²) in [6.45, 7) is 3.71. The number of rotatable bonds is 6. The van der Waals surface area contributed by atoms with Crippen molar-refractivity contribution < 1.29 is 23.5 Å². The van der Waals surface area contributed by atoms with Gasteiger partial charge in [0.1, 0.15) is 23.4 Å². The van der Waals surface area contributed by atoms with Gasteiger partial charge in [0.25, 0.3) is 5.91 Å². The van der Waals surface area contributed by atoms with Gasteiger partial charge in [-0.15, -0.1) is 0 Å². The van der Waals surface area contributed by atoms with Gasteiger partial charge in [-0.3, -0.25) is 9.59 Å². The number of aliphatic hydroxyl groups is 1. The van der Waals surface area contributed by atoms with Crippen LogP contribution < -0.4 is 0 Å². The van der Waals surface area contributed by atoms with Crippen molar-refractivity contribution in [1.29, 1.82) is 0 Å². The van der Waals surface area contributed by atoms with Gasteiger partial charge >= 0.3 is 0 Å². The molecule has 1 aromatic carbocycles. The first-order valence-corrected chi connectivity index (χ1v) is 8.50. The Bertz CT molecular complexity index is 866. The molecule has 1 N–H and O–H groups in total. The molecule has 0 aliphatic carbocycles. The van der Waals surface area contributed by atoms with Crippen LogP contribution in [-0.2, 0) is 16.0 Å². The number of carbonyl (C=O) groups excluding carboxylic acids is 2. The molecule has 2 heterocycles. The fraction of sp³-hybridized carbons (Fsp3) is 0.300. The van der Waals surface area contributed by atoms with Gasteiger partial charge in [-0.2, -0.15) is 0 Å². The zero-order valence-electron chi connectivity index (χ0n) is 14.7. The molecule has 6 heteroatoms. The predicted octanol–water partition coefficient (Wildman–Crippen LogP) is 3.64. The Morgan fingerprint density at radius 1 is 1.23 bits per heavy atom. The van der Waals surface area contributed by atoms with Gasteiger partial charge in [0, 0.05) is 13.0 Å².